The minimum absolute atomic E-state index is 0.213. The largest absolute Gasteiger partial charge is 0.494 e. The summed E-state index contributed by atoms with van der Waals surface area (Å²) in [6.45, 7) is 10.5. The fourth-order valence-electron chi connectivity index (χ4n) is 3.64. The monoisotopic (exact) mass is 458 g/mol. The molecule has 2 heterocycles. The number of hydrogen-bond donors (Lipinski definition) is 1. The third-order valence-electron chi connectivity index (χ3n) is 5.13. The average molecular weight is 459 g/mol. The van der Waals surface area contributed by atoms with Gasteiger partial charge in [-0.15, -0.1) is 5.10 Å². The van der Waals surface area contributed by atoms with E-state index in [-0.39, 0.29) is 12.1 Å². The van der Waals surface area contributed by atoms with Crippen LogP contribution in [0.1, 0.15) is 71.9 Å². The highest BCUT2D eigenvalue weighted by atomic mass is 32.2. The van der Waals surface area contributed by atoms with Crippen LogP contribution in [0.4, 0.5) is 5.95 Å². The van der Waals surface area contributed by atoms with Crippen LogP contribution in [0.15, 0.2) is 40.7 Å². The SMILES string of the molecule is CCCCCCOc1ccc(C2C(C(=O)OC(C)C)=C(C)Nc3nc(SCC)nn32)cc1. The predicted molar refractivity (Wildman–Crippen MR) is 128 cm³/mol. The van der Waals surface area contributed by atoms with Gasteiger partial charge in [0.05, 0.1) is 18.3 Å². The van der Waals surface area contributed by atoms with E-state index in [0.29, 0.717) is 23.3 Å². The van der Waals surface area contributed by atoms with Gasteiger partial charge < -0.3 is 14.8 Å². The van der Waals surface area contributed by atoms with E-state index in [1.807, 2.05) is 45.0 Å². The number of anilines is 1. The number of nitrogens with one attached hydrogen (secondary N) is 1. The molecule has 32 heavy (non-hydrogen) atoms. The van der Waals surface area contributed by atoms with Crippen molar-refractivity contribution in [1.29, 1.82) is 0 Å². The van der Waals surface area contributed by atoms with Crippen molar-refractivity contribution < 1.29 is 14.3 Å². The summed E-state index contributed by atoms with van der Waals surface area (Å²) in [5.74, 6) is 1.97. The van der Waals surface area contributed by atoms with Crippen LogP contribution < -0.4 is 10.1 Å². The third kappa shape index (κ3) is 5.85. The Morgan fingerprint density at radius 3 is 2.59 bits per heavy atom. The number of allylic oxidation sites excluding steroid dienone is 1. The van der Waals surface area contributed by atoms with E-state index in [0.717, 1.165) is 29.2 Å². The number of hydrogen-bond acceptors (Lipinski definition) is 7. The first-order valence-corrected chi connectivity index (χ1v) is 12.4. The van der Waals surface area contributed by atoms with E-state index in [4.69, 9.17) is 9.47 Å². The van der Waals surface area contributed by atoms with Gasteiger partial charge in [0.15, 0.2) is 0 Å². The Kier molecular flexibility index (Phi) is 8.61. The molecule has 2 aromatic rings. The molecular weight excluding hydrogens is 424 g/mol. The van der Waals surface area contributed by atoms with Crippen LogP contribution in [0.25, 0.3) is 0 Å². The van der Waals surface area contributed by atoms with Gasteiger partial charge in [0, 0.05) is 5.70 Å². The summed E-state index contributed by atoms with van der Waals surface area (Å²) in [4.78, 5) is 17.6. The van der Waals surface area contributed by atoms with E-state index in [1.54, 1.807) is 16.4 Å². The topological polar surface area (TPSA) is 78.3 Å². The van der Waals surface area contributed by atoms with Gasteiger partial charge in [0.1, 0.15) is 11.8 Å². The fraction of sp³-hybridized carbons (Fsp3) is 0.542. The van der Waals surface area contributed by atoms with E-state index < -0.39 is 6.04 Å². The Hall–Kier alpha value is -2.48. The summed E-state index contributed by atoms with van der Waals surface area (Å²) in [7, 11) is 0. The Bertz CT molecular complexity index is 937. The molecule has 0 saturated heterocycles. The molecule has 1 unspecified atom stereocenters. The minimum atomic E-state index is -0.421. The molecular formula is C24H34N4O3S. The van der Waals surface area contributed by atoms with Gasteiger partial charge in [-0.2, -0.15) is 4.98 Å². The van der Waals surface area contributed by atoms with Crippen LogP contribution in [0.3, 0.4) is 0 Å². The highest BCUT2D eigenvalue weighted by Crippen LogP contribution is 2.37. The quantitative estimate of drug-likeness (QED) is 0.267. The summed E-state index contributed by atoms with van der Waals surface area (Å²) in [6, 6.07) is 7.47. The van der Waals surface area contributed by atoms with Gasteiger partial charge in [-0.1, -0.05) is 57.0 Å². The highest BCUT2D eigenvalue weighted by Gasteiger charge is 2.35. The van der Waals surface area contributed by atoms with Crippen LogP contribution >= 0.6 is 11.8 Å². The Morgan fingerprint density at radius 2 is 1.94 bits per heavy atom. The number of unbranched alkanes of at least 4 members (excludes halogenated alkanes) is 3. The molecule has 1 aliphatic rings. The second-order valence-electron chi connectivity index (χ2n) is 8.09. The second-order valence-corrected chi connectivity index (χ2v) is 9.33. The van der Waals surface area contributed by atoms with Gasteiger partial charge in [0.25, 0.3) is 0 Å². The molecule has 174 valence electrons. The molecule has 0 radical (unpaired) electrons. The Morgan fingerprint density at radius 1 is 1.19 bits per heavy atom. The number of esters is 1. The summed E-state index contributed by atoms with van der Waals surface area (Å²) in [6.07, 6.45) is 4.47. The Balaban J connectivity index is 1.88. The standard InChI is InChI=1S/C24H34N4O3S/c1-6-8-9-10-15-30-19-13-11-18(12-14-19)21-20(22(29)31-16(3)4)17(5)25-23-26-24(32-7-2)27-28(21)23/h11-14,16,21H,6-10,15H2,1-5H3,(H,25,26,27). The number of ether oxygens (including phenoxy) is 2. The first-order valence-electron chi connectivity index (χ1n) is 11.4. The Labute approximate surface area is 195 Å². The number of nitrogens with zero attached hydrogens (tertiary/aromatic N) is 3. The molecule has 1 aliphatic heterocycles. The van der Waals surface area contributed by atoms with Crippen molar-refractivity contribution in [3.63, 3.8) is 0 Å². The van der Waals surface area contributed by atoms with Crippen molar-refractivity contribution in [3.8, 4) is 5.75 Å². The number of aromatic nitrogens is 3. The van der Waals surface area contributed by atoms with Crippen LogP contribution in [0.2, 0.25) is 0 Å². The van der Waals surface area contributed by atoms with Crippen molar-refractivity contribution in [2.75, 3.05) is 17.7 Å². The predicted octanol–water partition coefficient (Wildman–Crippen LogP) is 5.59. The molecule has 1 aromatic carbocycles. The number of benzene rings is 1. The van der Waals surface area contributed by atoms with E-state index in [2.05, 4.69) is 29.2 Å². The van der Waals surface area contributed by atoms with Crippen LogP contribution in [0.5, 0.6) is 5.75 Å². The lowest BCUT2D eigenvalue weighted by Gasteiger charge is -2.28. The molecule has 0 fully saturated rings. The van der Waals surface area contributed by atoms with Crippen molar-refractivity contribution in [2.24, 2.45) is 0 Å². The number of rotatable bonds is 11. The number of thioether (sulfide) groups is 1. The molecule has 1 N–H and O–H groups in total. The van der Waals surface area contributed by atoms with Gasteiger partial charge in [-0.05, 0) is 50.6 Å². The average Bonchev–Trinajstić information content (AvgIpc) is 3.14. The van der Waals surface area contributed by atoms with E-state index in [9.17, 15) is 4.79 Å². The lowest BCUT2D eigenvalue weighted by molar-refractivity contribution is -0.143. The van der Waals surface area contributed by atoms with Crippen LogP contribution in [-0.2, 0) is 9.53 Å². The maximum Gasteiger partial charge on any atom is 0.338 e. The zero-order valence-corrected chi connectivity index (χ0v) is 20.5. The van der Waals surface area contributed by atoms with E-state index in [1.165, 1.54) is 19.3 Å². The molecule has 3 rings (SSSR count). The molecule has 0 bridgehead atoms. The number of carbonyl (C=O) groups excluding carboxylic acids is 1. The lowest BCUT2D eigenvalue weighted by atomic mass is 9.95. The first-order chi connectivity index (χ1) is 15.4. The van der Waals surface area contributed by atoms with Gasteiger partial charge in [-0.3, -0.25) is 0 Å². The smallest absolute Gasteiger partial charge is 0.338 e. The molecule has 0 aliphatic carbocycles. The maximum atomic E-state index is 13.0. The highest BCUT2D eigenvalue weighted by molar-refractivity contribution is 7.99. The van der Waals surface area contributed by atoms with Gasteiger partial charge in [0.2, 0.25) is 11.1 Å². The molecule has 7 nitrogen and oxygen atoms in total. The van der Waals surface area contributed by atoms with Crippen molar-refractivity contribution in [3.05, 3.63) is 41.1 Å². The second kappa shape index (κ2) is 11.4. The van der Waals surface area contributed by atoms with Crippen molar-refractivity contribution in [2.45, 2.75) is 77.6 Å². The zero-order chi connectivity index (χ0) is 23.1. The van der Waals surface area contributed by atoms with Gasteiger partial charge >= 0.3 is 5.97 Å². The summed E-state index contributed by atoms with van der Waals surface area (Å²) in [5, 5.41) is 8.59. The summed E-state index contributed by atoms with van der Waals surface area (Å²) in [5.41, 5.74) is 2.20. The maximum absolute atomic E-state index is 13.0. The molecule has 0 spiro atoms. The van der Waals surface area contributed by atoms with Crippen molar-refractivity contribution >= 4 is 23.7 Å². The lowest BCUT2D eigenvalue weighted by Crippen LogP contribution is -2.30. The fourth-order valence-corrected chi connectivity index (χ4v) is 4.19. The molecule has 1 atom stereocenters. The molecule has 0 saturated carbocycles. The normalized spacial score (nSPS) is 15.5. The number of carbonyl (C=O) groups is 1. The molecule has 0 amide bonds. The van der Waals surface area contributed by atoms with Crippen molar-refractivity contribution in [1.82, 2.24) is 14.8 Å². The van der Waals surface area contributed by atoms with Crippen LogP contribution in [-0.4, -0.2) is 39.2 Å². The molecule has 1 aromatic heterocycles. The van der Waals surface area contributed by atoms with Gasteiger partial charge in [-0.25, -0.2) is 9.48 Å². The third-order valence-corrected chi connectivity index (χ3v) is 5.85. The summed E-state index contributed by atoms with van der Waals surface area (Å²) >= 11 is 1.57. The summed E-state index contributed by atoms with van der Waals surface area (Å²) < 4.78 is 13.2. The zero-order valence-electron chi connectivity index (χ0n) is 19.7. The van der Waals surface area contributed by atoms with E-state index >= 15 is 0 Å². The minimum Gasteiger partial charge on any atom is -0.494 e. The number of fused-ring (bicyclic) bond motifs is 1. The van der Waals surface area contributed by atoms with Crippen LogP contribution in [0, 0.1) is 0 Å². The molecule has 8 heteroatoms. The first kappa shape index (κ1) is 24.2.